The lowest BCUT2D eigenvalue weighted by atomic mass is 10.1. The van der Waals surface area contributed by atoms with Crippen LogP contribution in [0.15, 0.2) is 15.9 Å². The van der Waals surface area contributed by atoms with Gasteiger partial charge in [0.2, 0.25) is 0 Å². The summed E-state index contributed by atoms with van der Waals surface area (Å²) in [6.07, 6.45) is 1.12. The van der Waals surface area contributed by atoms with Crippen molar-refractivity contribution >= 4 is 33.0 Å². The van der Waals surface area contributed by atoms with Crippen molar-refractivity contribution in [3.05, 3.63) is 20.8 Å². The second-order valence-corrected chi connectivity index (χ2v) is 5.92. The van der Waals surface area contributed by atoms with Crippen LogP contribution in [0.25, 0.3) is 0 Å². The summed E-state index contributed by atoms with van der Waals surface area (Å²) < 4.78 is 0.914. The molecule has 2 heterocycles. The molecule has 0 spiro atoms. The standard InChI is InChI=1S/C11H15BrN2OS/c12-9-2-4-16-11(9)10(15)7-14-3-1-8(5-13)6-14/h2,4,8H,1,3,5-7,13H2. The molecule has 0 saturated carbocycles. The first-order valence-corrected chi connectivity index (χ1v) is 7.06. The van der Waals surface area contributed by atoms with Gasteiger partial charge >= 0.3 is 0 Å². The second-order valence-electron chi connectivity index (χ2n) is 4.15. The van der Waals surface area contributed by atoms with Crippen molar-refractivity contribution in [1.29, 1.82) is 0 Å². The van der Waals surface area contributed by atoms with Crippen molar-refractivity contribution < 1.29 is 4.79 Å². The number of nitrogens with zero attached hydrogens (tertiary/aromatic N) is 1. The molecule has 1 aliphatic heterocycles. The highest BCUT2D eigenvalue weighted by Gasteiger charge is 2.24. The molecule has 16 heavy (non-hydrogen) atoms. The molecule has 0 aromatic carbocycles. The van der Waals surface area contributed by atoms with Crippen LogP contribution >= 0.6 is 27.3 Å². The minimum Gasteiger partial charge on any atom is -0.330 e. The summed E-state index contributed by atoms with van der Waals surface area (Å²) in [5, 5.41) is 1.93. The van der Waals surface area contributed by atoms with Gasteiger partial charge in [-0.2, -0.15) is 0 Å². The van der Waals surface area contributed by atoms with E-state index in [2.05, 4.69) is 20.8 Å². The van der Waals surface area contributed by atoms with Crippen molar-refractivity contribution in [1.82, 2.24) is 4.90 Å². The van der Waals surface area contributed by atoms with Crippen LogP contribution in [-0.4, -0.2) is 36.9 Å². The third kappa shape index (κ3) is 2.71. The molecule has 0 aliphatic carbocycles. The Morgan fingerprint density at radius 3 is 3.06 bits per heavy atom. The first-order chi connectivity index (χ1) is 7.70. The Kier molecular flexibility index (Phi) is 4.13. The molecule has 1 saturated heterocycles. The molecule has 1 fully saturated rings. The Morgan fingerprint density at radius 2 is 2.50 bits per heavy atom. The molecular weight excluding hydrogens is 288 g/mol. The fourth-order valence-corrected chi connectivity index (χ4v) is 3.54. The van der Waals surface area contributed by atoms with E-state index in [1.54, 1.807) is 0 Å². The number of likely N-dealkylation sites (tertiary alicyclic amines) is 1. The molecule has 1 atom stereocenters. The van der Waals surface area contributed by atoms with E-state index in [1.165, 1.54) is 11.3 Å². The minimum atomic E-state index is 0.208. The molecule has 5 heteroatoms. The average molecular weight is 303 g/mol. The topological polar surface area (TPSA) is 46.3 Å². The van der Waals surface area contributed by atoms with Crippen LogP contribution < -0.4 is 5.73 Å². The first kappa shape index (κ1) is 12.2. The Balaban J connectivity index is 1.91. The normalized spacial score (nSPS) is 21.5. The molecule has 0 radical (unpaired) electrons. The summed E-state index contributed by atoms with van der Waals surface area (Å²) in [7, 11) is 0. The van der Waals surface area contributed by atoms with Crippen LogP contribution in [0.3, 0.4) is 0 Å². The highest BCUT2D eigenvalue weighted by Crippen LogP contribution is 2.24. The van der Waals surface area contributed by atoms with Gasteiger partial charge < -0.3 is 5.73 Å². The van der Waals surface area contributed by atoms with Crippen LogP contribution in [0.5, 0.6) is 0 Å². The van der Waals surface area contributed by atoms with E-state index >= 15 is 0 Å². The first-order valence-electron chi connectivity index (χ1n) is 5.39. The maximum absolute atomic E-state index is 12.0. The lowest BCUT2D eigenvalue weighted by Gasteiger charge is -2.13. The zero-order chi connectivity index (χ0) is 11.5. The molecule has 1 aliphatic rings. The Labute approximate surface area is 108 Å². The summed E-state index contributed by atoms with van der Waals surface area (Å²) in [6.45, 7) is 3.21. The fourth-order valence-electron chi connectivity index (χ4n) is 2.02. The molecule has 1 aromatic rings. The summed E-state index contributed by atoms with van der Waals surface area (Å²) >= 11 is 4.89. The summed E-state index contributed by atoms with van der Waals surface area (Å²) in [5.74, 6) is 0.777. The van der Waals surface area contributed by atoms with E-state index in [0.717, 1.165) is 35.4 Å². The van der Waals surface area contributed by atoms with Crippen molar-refractivity contribution in [2.24, 2.45) is 11.7 Å². The lowest BCUT2D eigenvalue weighted by Crippen LogP contribution is -2.28. The van der Waals surface area contributed by atoms with Crippen LogP contribution in [-0.2, 0) is 0 Å². The molecule has 88 valence electrons. The lowest BCUT2D eigenvalue weighted by molar-refractivity contribution is 0.0947. The smallest absolute Gasteiger partial charge is 0.187 e. The Morgan fingerprint density at radius 1 is 1.69 bits per heavy atom. The van der Waals surface area contributed by atoms with Gasteiger partial charge in [-0.05, 0) is 52.8 Å². The largest absolute Gasteiger partial charge is 0.330 e. The highest BCUT2D eigenvalue weighted by molar-refractivity contribution is 9.10. The van der Waals surface area contributed by atoms with E-state index in [1.807, 2.05) is 11.4 Å². The van der Waals surface area contributed by atoms with Gasteiger partial charge in [0.15, 0.2) is 5.78 Å². The van der Waals surface area contributed by atoms with Gasteiger partial charge in [-0.3, -0.25) is 9.69 Å². The second kappa shape index (κ2) is 5.40. The van der Waals surface area contributed by atoms with Crippen molar-refractivity contribution in [3.63, 3.8) is 0 Å². The molecule has 0 bridgehead atoms. The summed E-state index contributed by atoms with van der Waals surface area (Å²) in [4.78, 5) is 15.0. The third-order valence-electron chi connectivity index (χ3n) is 2.94. The molecule has 1 aromatic heterocycles. The van der Waals surface area contributed by atoms with Crippen LogP contribution in [0.2, 0.25) is 0 Å². The van der Waals surface area contributed by atoms with Gasteiger partial charge in [0.25, 0.3) is 0 Å². The minimum absolute atomic E-state index is 0.208. The van der Waals surface area contributed by atoms with Gasteiger partial charge in [-0.1, -0.05) is 0 Å². The number of nitrogens with two attached hydrogens (primary N) is 1. The highest BCUT2D eigenvalue weighted by atomic mass is 79.9. The van der Waals surface area contributed by atoms with E-state index in [-0.39, 0.29) is 5.78 Å². The van der Waals surface area contributed by atoms with Gasteiger partial charge in [0, 0.05) is 11.0 Å². The van der Waals surface area contributed by atoms with Gasteiger partial charge in [0.1, 0.15) is 0 Å². The van der Waals surface area contributed by atoms with Gasteiger partial charge in [0.05, 0.1) is 11.4 Å². The fraction of sp³-hybridized carbons (Fsp3) is 0.545. The predicted molar refractivity (Wildman–Crippen MR) is 70.0 cm³/mol. The number of Topliss-reactive ketones (excluding diaryl/α,β-unsaturated/α-hetero) is 1. The van der Waals surface area contributed by atoms with Gasteiger partial charge in [-0.15, -0.1) is 11.3 Å². The molecule has 0 amide bonds. The van der Waals surface area contributed by atoms with E-state index < -0.39 is 0 Å². The Bertz CT molecular complexity index is 380. The van der Waals surface area contributed by atoms with E-state index in [9.17, 15) is 4.79 Å². The van der Waals surface area contributed by atoms with Crippen LogP contribution in [0.4, 0.5) is 0 Å². The SMILES string of the molecule is NCC1CCN(CC(=O)c2sccc2Br)C1. The molecule has 2 rings (SSSR count). The third-order valence-corrected chi connectivity index (χ3v) is 4.82. The maximum atomic E-state index is 12.0. The Hall–Kier alpha value is -0.230. The van der Waals surface area contributed by atoms with Crippen LogP contribution in [0.1, 0.15) is 16.1 Å². The number of ketones is 1. The van der Waals surface area contributed by atoms with E-state index in [0.29, 0.717) is 12.5 Å². The maximum Gasteiger partial charge on any atom is 0.187 e. The van der Waals surface area contributed by atoms with Crippen LogP contribution in [0, 0.1) is 5.92 Å². The summed E-state index contributed by atoms with van der Waals surface area (Å²) in [5.41, 5.74) is 5.63. The molecular formula is C11H15BrN2OS. The molecule has 2 N–H and O–H groups in total. The van der Waals surface area contributed by atoms with Crippen molar-refractivity contribution in [3.8, 4) is 0 Å². The number of thiophene rings is 1. The number of carbonyl (C=O) groups is 1. The van der Waals surface area contributed by atoms with Crippen molar-refractivity contribution in [2.75, 3.05) is 26.2 Å². The quantitative estimate of drug-likeness (QED) is 0.865. The molecule has 1 unspecified atom stereocenters. The predicted octanol–water partition coefficient (Wildman–Crippen LogP) is 1.97. The number of carbonyl (C=O) groups excluding carboxylic acids is 1. The number of hydrogen-bond donors (Lipinski definition) is 1. The number of hydrogen-bond acceptors (Lipinski definition) is 4. The number of halogens is 1. The van der Waals surface area contributed by atoms with Gasteiger partial charge in [-0.25, -0.2) is 0 Å². The van der Waals surface area contributed by atoms with Crippen molar-refractivity contribution in [2.45, 2.75) is 6.42 Å². The summed E-state index contributed by atoms with van der Waals surface area (Å²) in [6, 6.07) is 1.92. The average Bonchev–Trinajstić information content (AvgIpc) is 2.86. The molecule has 3 nitrogen and oxygen atoms in total. The monoisotopic (exact) mass is 302 g/mol. The number of rotatable bonds is 4. The zero-order valence-corrected chi connectivity index (χ0v) is 11.4. The zero-order valence-electron chi connectivity index (χ0n) is 8.99. The van der Waals surface area contributed by atoms with E-state index in [4.69, 9.17) is 5.73 Å².